The van der Waals surface area contributed by atoms with Crippen LogP contribution in [-0.2, 0) is 12.8 Å². The van der Waals surface area contributed by atoms with Gasteiger partial charge in [-0.2, -0.15) is 0 Å². The quantitative estimate of drug-likeness (QED) is 0.427. The van der Waals surface area contributed by atoms with Crippen molar-refractivity contribution in [2.24, 2.45) is 17.8 Å². The van der Waals surface area contributed by atoms with Gasteiger partial charge in [0.15, 0.2) is 0 Å². The highest BCUT2D eigenvalue weighted by Gasteiger charge is 2.29. The number of allylic oxidation sites excluding steroid dienone is 1. The number of rotatable bonds is 8. The van der Waals surface area contributed by atoms with E-state index in [1.54, 1.807) is 11.6 Å². The van der Waals surface area contributed by atoms with Crippen LogP contribution in [0.3, 0.4) is 0 Å². The van der Waals surface area contributed by atoms with Crippen LogP contribution in [0.25, 0.3) is 5.57 Å². The number of alkyl halides is 1. The van der Waals surface area contributed by atoms with Gasteiger partial charge in [-0.3, -0.25) is 4.39 Å². The fourth-order valence-electron chi connectivity index (χ4n) is 6.86. The number of aryl methyl sites for hydroxylation is 1. The molecule has 3 aliphatic rings. The van der Waals surface area contributed by atoms with E-state index in [1.165, 1.54) is 53.5 Å². The summed E-state index contributed by atoms with van der Waals surface area (Å²) in [4.78, 5) is 14.0. The maximum atomic E-state index is 12.4. The first-order chi connectivity index (χ1) is 17.5. The second-order valence-electron chi connectivity index (χ2n) is 11.5. The molecule has 2 fully saturated rings. The molecule has 3 nitrogen and oxygen atoms in total. The van der Waals surface area contributed by atoms with E-state index in [1.807, 2.05) is 6.07 Å². The molecule has 1 heterocycles. The number of benzene rings is 2. The van der Waals surface area contributed by atoms with E-state index in [9.17, 15) is 14.3 Å². The second kappa shape index (κ2) is 11.3. The monoisotopic (exact) mass is 489 g/mol. The molecule has 2 atom stereocenters. The number of carboxylic acids is 1. The van der Waals surface area contributed by atoms with Crippen LogP contribution in [0.15, 0.2) is 48.0 Å². The molecular formula is C32H40FNO2. The number of carboxylic acid groups (broad SMARTS) is 1. The molecule has 2 unspecified atom stereocenters. The molecule has 192 valence electrons. The van der Waals surface area contributed by atoms with Gasteiger partial charge in [0.05, 0.1) is 12.2 Å². The molecule has 0 amide bonds. The van der Waals surface area contributed by atoms with Crippen LogP contribution >= 0.6 is 0 Å². The Morgan fingerprint density at radius 2 is 1.86 bits per heavy atom. The summed E-state index contributed by atoms with van der Waals surface area (Å²) >= 11 is 0. The highest BCUT2D eigenvalue weighted by Crippen LogP contribution is 2.44. The van der Waals surface area contributed by atoms with Crippen molar-refractivity contribution < 1.29 is 14.3 Å². The first-order valence-electron chi connectivity index (χ1n) is 14.0. The van der Waals surface area contributed by atoms with Crippen molar-refractivity contribution in [2.45, 2.75) is 64.7 Å². The van der Waals surface area contributed by atoms with Gasteiger partial charge in [0, 0.05) is 19.6 Å². The minimum absolute atomic E-state index is 0.221. The molecule has 0 radical (unpaired) electrons. The van der Waals surface area contributed by atoms with Crippen molar-refractivity contribution >= 4 is 11.5 Å². The molecule has 1 aliphatic heterocycles. The smallest absolute Gasteiger partial charge is 0.335 e. The Balaban J connectivity index is 1.44. The number of hydrogen-bond acceptors (Lipinski definition) is 2. The molecule has 1 saturated carbocycles. The van der Waals surface area contributed by atoms with Crippen LogP contribution in [0.4, 0.5) is 4.39 Å². The standard InChI is InChI=1S/C32H40FNO2/c1-22-5-2-6-26(17-22)29-8-3-7-27-19-28(32(35)36)13-14-30(27)31(29)25-11-9-23(10-12-25)18-24-20-34(21-24)16-4-15-33/h9-14,19,22,24,26H,2-8,15-18,20-21H2,1H3,(H,35,36). The fourth-order valence-corrected chi connectivity index (χ4v) is 6.86. The Kier molecular flexibility index (Phi) is 7.90. The minimum Gasteiger partial charge on any atom is -0.478 e. The summed E-state index contributed by atoms with van der Waals surface area (Å²) in [5, 5.41) is 9.58. The zero-order valence-corrected chi connectivity index (χ0v) is 21.6. The number of carbonyl (C=O) groups is 1. The SMILES string of the molecule is CC1CCCC(C2=C(c3ccc(CC4CN(CCCF)C4)cc3)c3ccc(C(=O)O)cc3CCC2)C1. The largest absolute Gasteiger partial charge is 0.478 e. The lowest BCUT2D eigenvalue weighted by molar-refractivity contribution is 0.0696. The van der Waals surface area contributed by atoms with E-state index >= 15 is 0 Å². The highest BCUT2D eigenvalue weighted by atomic mass is 19.1. The number of halogens is 1. The van der Waals surface area contributed by atoms with Gasteiger partial charge >= 0.3 is 5.97 Å². The molecule has 0 spiro atoms. The van der Waals surface area contributed by atoms with E-state index in [2.05, 4.69) is 42.2 Å². The highest BCUT2D eigenvalue weighted by molar-refractivity contribution is 5.90. The first-order valence-corrected chi connectivity index (χ1v) is 14.0. The Morgan fingerprint density at radius 1 is 1.06 bits per heavy atom. The predicted octanol–water partition coefficient (Wildman–Crippen LogP) is 7.18. The molecule has 4 heteroatoms. The molecule has 2 aliphatic carbocycles. The van der Waals surface area contributed by atoms with Gasteiger partial charge in [0.25, 0.3) is 0 Å². The average Bonchev–Trinajstić information content (AvgIpc) is 3.05. The third-order valence-electron chi connectivity index (χ3n) is 8.67. The van der Waals surface area contributed by atoms with Crippen LogP contribution in [-0.4, -0.2) is 42.3 Å². The fraction of sp³-hybridized carbons (Fsp3) is 0.531. The second-order valence-corrected chi connectivity index (χ2v) is 11.5. The van der Waals surface area contributed by atoms with Gasteiger partial charge < -0.3 is 10.0 Å². The number of hydrogen-bond donors (Lipinski definition) is 1. The lowest BCUT2D eigenvalue weighted by atomic mass is 9.74. The molecule has 0 aromatic heterocycles. The Bertz CT molecular complexity index is 1100. The zero-order valence-electron chi connectivity index (χ0n) is 21.6. The molecule has 1 saturated heterocycles. The summed E-state index contributed by atoms with van der Waals surface area (Å²) < 4.78 is 12.4. The third-order valence-corrected chi connectivity index (χ3v) is 8.67. The van der Waals surface area contributed by atoms with E-state index < -0.39 is 5.97 Å². The summed E-state index contributed by atoms with van der Waals surface area (Å²) in [6.07, 6.45) is 10.0. The number of likely N-dealkylation sites (tertiary alicyclic amines) is 1. The molecule has 5 rings (SSSR count). The third kappa shape index (κ3) is 5.59. The summed E-state index contributed by atoms with van der Waals surface area (Å²) in [6, 6.07) is 15.0. The van der Waals surface area contributed by atoms with Crippen LogP contribution in [0.5, 0.6) is 0 Å². The van der Waals surface area contributed by atoms with E-state index in [0.29, 0.717) is 23.8 Å². The van der Waals surface area contributed by atoms with Gasteiger partial charge in [-0.25, -0.2) is 4.79 Å². The van der Waals surface area contributed by atoms with Gasteiger partial charge in [0.2, 0.25) is 0 Å². The van der Waals surface area contributed by atoms with E-state index in [4.69, 9.17) is 0 Å². The van der Waals surface area contributed by atoms with Crippen LogP contribution < -0.4 is 0 Å². The molecular weight excluding hydrogens is 449 g/mol. The van der Waals surface area contributed by atoms with Gasteiger partial charge in [0.1, 0.15) is 0 Å². The summed E-state index contributed by atoms with van der Waals surface area (Å²) in [5.74, 6) is 1.21. The number of nitrogens with zero attached hydrogens (tertiary/aromatic N) is 1. The molecule has 0 bridgehead atoms. The lowest BCUT2D eigenvalue weighted by Gasteiger charge is -2.39. The Labute approximate surface area is 215 Å². The van der Waals surface area contributed by atoms with Crippen molar-refractivity contribution in [3.05, 3.63) is 75.9 Å². The van der Waals surface area contributed by atoms with Crippen LogP contribution in [0.1, 0.15) is 84.5 Å². The van der Waals surface area contributed by atoms with Crippen molar-refractivity contribution in [1.82, 2.24) is 4.90 Å². The number of aromatic carboxylic acids is 1. The maximum Gasteiger partial charge on any atom is 0.335 e. The first kappa shape index (κ1) is 25.2. The Morgan fingerprint density at radius 3 is 2.58 bits per heavy atom. The van der Waals surface area contributed by atoms with Gasteiger partial charge in [-0.05, 0) is 103 Å². The molecule has 2 aromatic carbocycles. The summed E-state index contributed by atoms with van der Waals surface area (Å²) in [5.41, 5.74) is 8.41. The number of fused-ring (bicyclic) bond motifs is 1. The minimum atomic E-state index is -0.850. The summed E-state index contributed by atoms with van der Waals surface area (Å²) in [7, 11) is 0. The van der Waals surface area contributed by atoms with Gasteiger partial charge in [-0.1, -0.05) is 55.7 Å². The van der Waals surface area contributed by atoms with Crippen LogP contribution in [0.2, 0.25) is 0 Å². The lowest BCUT2D eigenvalue weighted by Crippen LogP contribution is -2.47. The van der Waals surface area contributed by atoms with E-state index in [0.717, 1.165) is 51.2 Å². The predicted molar refractivity (Wildman–Crippen MR) is 144 cm³/mol. The van der Waals surface area contributed by atoms with E-state index in [-0.39, 0.29) is 6.67 Å². The molecule has 1 N–H and O–H groups in total. The van der Waals surface area contributed by atoms with Gasteiger partial charge in [-0.15, -0.1) is 0 Å². The molecule has 36 heavy (non-hydrogen) atoms. The Hall–Kier alpha value is -2.46. The molecule has 2 aromatic rings. The topological polar surface area (TPSA) is 40.5 Å². The van der Waals surface area contributed by atoms with Crippen LogP contribution in [0, 0.1) is 17.8 Å². The maximum absolute atomic E-state index is 12.4. The van der Waals surface area contributed by atoms with Crippen molar-refractivity contribution in [3.63, 3.8) is 0 Å². The zero-order chi connectivity index (χ0) is 25.1. The average molecular weight is 490 g/mol. The summed E-state index contributed by atoms with van der Waals surface area (Å²) in [6.45, 7) is 5.21. The van der Waals surface area contributed by atoms with Crippen molar-refractivity contribution in [3.8, 4) is 0 Å². The van der Waals surface area contributed by atoms with Crippen molar-refractivity contribution in [1.29, 1.82) is 0 Å². The normalized spacial score (nSPS) is 23.2. The van der Waals surface area contributed by atoms with Crippen molar-refractivity contribution in [2.75, 3.05) is 26.3 Å².